The van der Waals surface area contributed by atoms with Crippen LogP contribution in [0.4, 0.5) is 14.5 Å². The molecule has 0 amide bonds. The van der Waals surface area contributed by atoms with Crippen LogP contribution in [0, 0.1) is 11.6 Å². The second-order valence-corrected chi connectivity index (χ2v) is 4.82. The highest BCUT2D eigenvalue weighted by Gasteiger charge is 2.12. The van der Waals surface area contributed by atoms with Gasteiger partial charge >= 0.3 is 0 Å². The minimum Gasteiger partial charge on any atom is -0.495 e. The SMILES string of the molecule is COc1ccc(Cl)cc1NC(C)c1ccc(F)c(F)c1. The van der Waals surface area contributed by atoms with Crippen LogP contribution in [0.1, 0.15) is 18.5 Å². The molecule has 2 aromatic carbocycles. The standard InChI is InChI=1S/C15H14ClF2NO/c1-9(10-3-5-12(17)13(18)7-10)19-14-8-11(16)4-6-15(14)20-2/h3-9,19H,1-2H3. The maximum atomic E-state index is 13.2. The molecule has 0 fully saturated rings. The Morgan fingerprint density at radius 3 is 2.50 bits per heavy atom. The molecule has 106 valence electrons. The van der Waals surface area contributed by atoms with E-state index in [-0.39, 0.29) is 6.04 Å². The Bertz CT molecular complexity index is 619. The second-order valence-electron chi connectivity index (χ2n) is 4.38. The third-order valence-corrected chi connectivity index (χ3v) is 3.21. The lowest BCUT2D eigenvalue weighted by Gasteiger charge is -2.18. The summed E-state index contributed by atoms with van der Waals surface area (Å²) in [5.41, 5.74) is 1.32. The van der Waals surface area contributed by atoms with Crippen LogP contribution in [-0.4, -0.2) is 7.11 Å². The van der Waals surface area contributed by atoms with Gasteiger partial charge in [-0.05, 0) is 42.8 Å². The van der Waals surface area contributed by atoms with Gasteiger partial charge in [-0.25, -0.2) is 8.78 Å². The van der Waals surface area contributed by atoms with Gasteiger partial charge in [-0.15, -0.1) is 0 Å². The van der Waals surface area contributed by atoms with E-state index >= 15 is 0 Å². The van der Waals surface area contributed by atoms with Gasteiger partial charge in [0.25, 0.3) is 0 Å². The van der Waals surface area contributed by atoms with Gasteiger partial charge in [-0.1, -0.05) is 17.7 Å². The zero-order valence-corrected chi connectivity index (χ0v) is 11.8. The molecule has 0 saturated heterocycles. The first-order valence-electron chi connectivity index (χ1n) is 6.06. The number of halogens is 3. The molecule has 2 nitrogen and oxygen atoms in total. The van der Waals surface area contributed by atoms with E-state index in [0.717, 1.165) is 6.07 Å². The van der Waals surface area contributed by atoms with E-state index in [9.17, 15) is 8.78 Å². The Morgan fingerprint density at radius 2 is 1.85 bits per heavy atom. The van der Waals surface area contributed by atoms with Crippen molar-refractivity contribution in [3.8, 4) is 5.75 Å². The van der Waals surface area contributed by atoms with Crippen LogP contribution >= 0.6 is 11.6 Å². The smallest absolute Gasteiger partial charge is 0.159 e. The molecule has 2 rings (SSSR count). The quantitative estimate of drug-likeness (QED) is 0.875. The summed E-state index contributed by atoms with van der Waals surface area (Å²) in [5, 5.41) is 3.73. The van der Waals surface area contributed by atoms with E-state index in [0.29, 0.717) is 22.0 Å². The molecule has 0 aromatic heterocycles. The predicted molar refractivity (Wildman–Crippen MR) is 76.4 cm³/mol. The highest BCUT2D eigenvalue weighted by Crippen LogP contribution is 2.31. The van der Waals surface area contributed by atoms with Crippen LogP contribution in [0.3, 0.4) is 0 Å². The molecular formula is C15H14ClF2NO. The first-order chi connectivity index (χ1) is 9.51. The lowest BCUT2D eigenvalue weighted by Crippen LogP contribution is -2.08. The van der Waals surface area contributed by atoms with E-state index in [1.807, 2.05) is 6.92 Å². The number of anilines is 1. The number of benzene rings is 2. The van der Waals surface area contributed by atoms with Crippen LogP contribution in [0.2, 0.25) is 5.02 Å². The molecule has 0 aliphatic heterocycles. The van der Waals surface area contributed by atoms with E-state index in [1.165, 1.54) is 12.1 Å². The van der Waals surface area contributed by atoms with Crippen molar-refractivity contribution in [2.45, 2.75) is 13.0 Å². The monoisotopic (exact) mass is 297 g/mol. The maximum absolute atomic E-state index is 13.2. The molecular weight excluding hydrogens is 284 g/mol. The molecule has 0 saturated carbocycles. The third-order valence-electron chi connectivity index (χ3n) is 2.98. The maximum Gasteiger partial charge on any atom is 0.159 e. The average Bonchev–Trinajstić information content (AvgIpc) is 2.42. The van der Waals surface area contributed by atoms with Crippen LogP contribution in [-0.2, 0) is 0 Å². The van der Waals surface area contributed by atoms with Crippen LogP contribution in [0.5, 0.6) is 5.75 Å². The zero-order chi connectivity index (χ0) is 14.7. The van der Waals surface area contributed by atoms with Gasteiger partial charge in [0.05, 0.1) is 12.8 Å². The number of ether oxygens (including phenoxy) is 1. The average molecular weight is 298 g/mol. The van der Waals surface area contributed by atoms with Crippen LogP contribution in [0.25, 0.3) is 0 Å². The van der Waals surface area contributed by atoms with Crippen molar-refractivity contribution in [1.29, 1.82) is 0 Å². The van der Waals surface area contributed by atoms with Gasteiger partial charge < -0.3 is 10.1 Å². The van der Waals surface area contributed by atoms with Gasteiger partial charge in [0.15, 0.2) is 11.6 Å². The van der Waals surface area contributed by atoms with Gasteiger partial charge in [-0.2, -0.15) is 0 Å². The normalized spacial score (nSPS) is 12.1. The molecule has 0 aliphatic carbocycles. The first kappa shape index (κ1) is 14.6. The van der Waals surface area contributed by atoms with Crippen molar-refractivity contribution in [3.05, 3.63) is 58.6 Å². The predicted octanol–water partition coefficient (Wildman–Crippen LogP) is 4.80. The van der Waals surface area contributed by atoms with Crippen molar-refractivity contribution < 1.29 is 13.5 Å². The van der Waals surface area contributed by atoms with Gasteiger partial charge in [-0.3, -0.25) is 0 Å². The van der Waals surface area contributed by atoms with E-state index in [1.54, 1.807) is 25.3 Å². The number of methoxy groups -OCH3 is 1. The fraction of sp³-hybridized carbons (Fsp3) is 0.200. The summed E-state index contributed by atoms with van der Waals surface area (Å²) < 4.78 is 31.4. The number of rotatable bonds is 4. The summed E-state index contributed by atoms with van der Waals surface area (Å²) in [6, 6.07) is 8.76. The molecule has 0 heterocycles. The fourth-order valence-corrected chi connectivity index (χ4v) is 2.06. The Kier molecular flexibility index (Phi) is 4.45. The lowest BCUT2D eigenvalue weighted by atomic mass is 10.1. The molecule has 0 spiro atoms. The molecule has 0 aliphatic rings. The Labute approximate surface area is 121 Å². The fourth-order valence-electron chi connectivity index (χ4n) is 1.89. The van der Waals surface area contributed by atoms with Crippen molar-refractivity contribution >= 4 is 17.3 Å². The Balaban J connectivity index is 2.24. The minimum atomic E-state index is -0.866. The first-order valence-corrected chi connectivity index (χ1v) is 6.44. The van der Waals surface area contributed by atoms with Crippen molar-refractivity contribution in [3.63, 3.8) is 0 Å². The third kappa shape index (κ3) is 3.20. The zero-order valence-electron chi connectivity index (χ0n) is 11.1. The van der Waals surface area contributed by atoms with E-state index < -0.39 is 11.6 Å². The molecule has 0 bridgehead atoms. The number of hydrogen-bond acceptors (Lipinski definition) is 2. The van der Waals surface area contributed by atoms with Gasteiger partial charge in [0, 0.05) is 11.1 Å². The summed E-state index contributed by atoms with van der Waals surface area (Å²) in [6.07, 6.45) is 0. The summed E-state index contributed by atoms with van der Waals surface area (Å²) in [7, 11) is 1.55. The second kappa shape index (κ2) is 6.09. The molecule has 1 atom stereocenters. The van der Waals surface area contributed by atoms with Crippen molar-refractivity contribution in [2.75, 3.05) is 12.4 Å². The number of hydrogen-bond donors (Lipinski definition) is 1. The largest absolute Gasteiger partial charge is 0.495 e. The Morgan fingerprint density at radius 1 is 1.10 bits per heavy atom. The van der Waals surface area contributed by atoms with Crippen LogP contribution in [0.15, 0.2) is 36.4 Å². The van der Waals surface area contributed by atoms with E-state index in [2.05, 4.69) is 5.32 Å². The minimum absolute atomic E-state index is 0.225. The van der Waals surface area contributed by atoms with Crippen molar-refractivity contribution in [1.82, 2.24) is 0 Å². The Hall–Kier alpha value is -1.81. The highest BCUT2D eigenvalue weighted by molar-refractivity contribution is 6.30. The topological polar surface area (TPSA) is 21.3 Å². The molecule has 1 unspecified atom stereocenters. The highest BCUT2D eigenvalue weighted by atomic mass is 35.5. The van der Waals surface area contributed by atoms with Gasteiger partial charge in [0.2, 0.25) is 0 Å². The van der Waals surface area contributed by atoms with E-state index in [4.69, 9.17) is 16.3 Å². The summed E-state index contributed by atoms with van der Waals surface area (Å²) in [5.74, 6) is -1.10. The summed E-state index contributed by atoms with van der Waals surface area (Å²) >= 11 is 5.94. The van der Waals surface area contributed by atoms with Gasteiger partial charge in [0.1, 0.15) is 5.75 Å². The number of nitrogens with one attached hydrogen (secondary N) is 1. The molecule has 0 radical (unpaired) electrons. The molecule has 2 aromatic rings. The van der Waals surface area contributed by atoms with Crippen molar-refractivity contribution in [2.24, 2.45) is 0 Å². The van der Waals surface area contributed by atoms with Crippen LogP contribution < -0.4 is 10.1 Å². The molecule has 20 heavy (non-hydrogen) atoms. The summed E-state index contributed by atoms with van der Waals surface area (Å²) in [6.45, 7) is 1.84. The lowest BCUT2D eigenvalue weighted by molar-refractivity contribution is 0.416. The summed E-state index contributed by atoms with van der Waals surface area (Å²) in [4.78, 5) is 0. The molecule has 1 N–H and O–H groups in total. The molecule has 5 heteroatoms.